The van der Waals surface area contributed by atoms with Crippen LogP contribution in [0.25, 0.3) is 0 Å². The van der Waals surface area contributed by atoms with E-state index in [2.05, 4.69) is 15.6 Å². The van der Waals surface area contributed by atoms with Crippen molar-refractivity contribution in [2.24, 2.45) is 0 Å². The van der Waals surface area contributed by atoms with E-state index < -0.39 is 0 Å². The number of para-hydroxylation sites is 2. The Morgan fingerprint density at radius 1 is 1.40 bits per heavy atom. The van der Waals surface area contributed by atoms with E-state index in [0.29, 0.717) is 24.6 Å². The molecule has 1 amide bonds. The molecule has 1 aromatic heterocycles. The summed E-state index contributed by atoms with van der Waals surface area (Å²) in [7, 11) is 1.73. The highest BCUT2D eigenvalue weighted by Gasteiger charge is 2.06. The maximum atomic E-state index is 11.6. The molecule has 0 atom stereocenters. The quantitative estimate of drug-likeness (QED) is 0.794. The van der Waals surface area contributed by atoms with Gasteiger partial charge in [0, 0.05) is 12.4 Å². The first kappa shape index (κ1) is 14.1. The minimum Gasteiger partial charge on any atom is -0.490 e. The van der Waals surface area contributed by atoms with Gasteiger partial charge in [0.2, 0.25) is 5.91 Å². The Morgan fingerprint density at radius 3 is 3.00 bits per heavy atom. The number of likely N-dealkylation sites (N-methyl/N-ethyl adjacent to an activating group) is 1. The molecule has 0 bridgehead atoms. The van der Waals surface area contributed by atoms with Gasteiger partial charge in [-0.1, -0.05) is 12.1 Å². The number of nitrogens with one attached hydrogen (secondary N) is 2. The van der Waals surface area contributed by atoms with Crippen molar-refractivity contribution < 1.29 is 9.53 Å². The minimum absolute atomic E-state index is 0.0989. The van der Waals surface area contributed by atoms with Gasteiger partial charge in [0.15, 0.2) is 0 Å². The number of hydrogen-bond acceptors (Lipinski definition) is 4. The zero-order valence-corrected chi connectivity index (χ0v) is 11.4. The molecule has 0 aliphatic heterocycles. The Bertz CT molecular complexity index is 540. The fourth-order valence-corrected chi connectivity index (χ4v) is 1.73. The zero-order chi connectivity index (χ0) is 14.2. The maximum Gasteiger partial charge on any atom is 0.238 e. The second-order valence-electron chi connectivity index (χ2n) is 4.22. The number of aromatic nitrogens is 2. The van der Waals surface area contributed by atoms with Crippen LogP contribution in [0.4, 0.5) is 5.69 Å². The third-order valence-corrected chi connectivity index (χ3v) is 2.66. The van der Waals surface area contributed by atoms with Crippen molar-refractivity contribution >= 4 is 11.6 Å². The van der Waals surface area contributed by atoms with E-state index in [9.17, 15) is 4.79 Å². The summed E-state index contributed by atoms with van der Waals surface area (Å²) >= 11 is 0. The van der Waals surface area contributed by atoms with Gasteiger partial charge in [0.25, 0.3) is 0 Å². The number of hydrogen-bond donors (Lipinski definition) is 2. The van der Waals surface area contributed by atoms with Gasteiger partial charge in [-0.3, -0.25) is 4.79 Å². The summed E-state index contributed by atoms with van der Waals surface area (Å²) in [6.45, 7) is 1.48. The molecule has 0 unspecified atom stereocenters. The van der Waals surface area contributed by atoms with Crippen LogP contribution in [0.15, 0.2) is 43.0 Å². The van der Waals surface area contributed by atoms with Crippen molar-refractivity contribution in [2.45, 2.75) is 6.54 Å². The van der Waals surface area contributed by atoms with Crippen LogP contribution in [-0.4, -0.2) is 35.7 Å². The molecular weight excluding hydrogens is 256 g/mol. The van der Waals surface area contributed by atoms with Crippen LogP contribution < -0.4 is 15.4 Å². The normalized spacial score (nSPS) is 10.2. The lowest BCUT2D eigenvalue weighted by atomic mass is 10.3. The summed E-state index contributed by atoms with van der Waals surface area (Å²) in [4.78, 5) is 15.6. The van der Waals surface area contributed by atoms with E-state index >= 15 is 0 Å². The third kappa shape index (κ3) is 4.10. The predicted octanol–water partition coefficient (Wildman–Crippen LogP) is 1.12. The Kier molecular flexibility index (Phi) is 5.14. The minimum atomic E-state index is -0.0989. The van der Waals surface area contributed by atoms with Gasteiger partial charge in [-0.15, -0.1) is 0 Å². The average Bonchev–Trinajstić information content (AvgIpc) is 2.94. The number of amides is 1. The first-order chi connectivity index (χ1) is 9.79. The predicted molar refractivity (Wildman–Crippen MR) is 76.7 cm³/mol. The molecule has 6 nitrogen and oxygen atoms in total. The molecule has 6 heteroatoms. The molecule has 0 radical (unpaired) electrons. The van der Waals surface area contributed by atoms with Gasteiger partial charge in [0.1, 0.15) is 12.4 Å². The Labute approximate surface area is 117 Å². The van der Waals surface area contributed by atoms with Crippen LogP contribution in [0.5, 0.6) is 5.75 Å². The first-order valence-electron chi connectivity index (χ1n) is 6.41. The molecule has 20 heavy (non-hydrogen) atoms. The van der Waals surface area contributed by atoms with E-state index in [4.69, 9.17) is 4.74 Å². The third-order valence-electron chi connectivity index (χ3n) is 2.66. The zero-order valence-electron chi connectivity index (χ0n) is 11.4. The SMILES string of the molecule is CNCC(=O)Nc1ccccc1OCCn1ccnc1. The summed E-state index contributed by atoms with van der Waals surface area (Å²) in [5.74, 6) is 0.565. The number of rotatable bonds is 7. The standard InChI is InChI=1S/C14H18N4O2/c1-15-10-14(19)17-12-4-2-3-5-13(12)20-9-8-18-7-6-16-11-18/h2-7,11,15H,8-10H2,1H3,(H,17,19). The molecule has 0 aliphatic carbocycles. The fraction of sp³-hybridized carbons (Fsp3) is 0.286. The molecule has 2 N–H and O–H groups in total. The van der Waals surface area contributed by atoms with Gasteiger partial charge in [-0.2, -0.15) is 0 Å². The summed E-state index contributed by atoms with van der Waals surface area (Å²) in [6, 6.07) is 7.39. The number of nitrogens with zero attached hydrogens (tertiary/aromatic N) is 2. The van der Waals surface area contributed by atoms with Gasteiger partial charge in [0.05, 0.1) is 25.1 Å². The molecule has 0 saturated carbocycles. The Morgan fingerprint density at radius 2 is 2.25 bits per heavy atom. The number of carbonyl (C=O) groups is 1. The second-order valence-corrected chi connectivity index (χ2v) is 4.22. The monoisotopic (exact) mass is 274 g/mol. The van der Waals surface area contributed by atoms with Gasteiger partial charge < -0.3 is 19.9 Å². The molecule has 0 saturated heterocycles. The number of benzene rings is 1. The molecule has 0 fully saturated rings. The number of carbonyl (C=O) groups excluding carboxylic acids is 1. The maximum absolute atomic E-state index is 11.6. The highest BCUT2D eigenvalue weighted by atomic mass is 16.5. The molecule has 106 valence electrons. The van der Waals surface area contributed by atoms with Gasteiger partial charge in [-0.05, 0) is 19.2 Å². The largest absolute Gasteiger partial charge is 0.490 e. The van der Waals surface area contributed by atoms with Crippen molar-refractivity contribution in [2.75, 3.05) is 25.5 Å². The Balaban J connectivity index is 1.91. The number of ether oxygens (including phenoxy) is 1. The highest BCUT2D eigenvalue weighted by Crippen LogP contribution is 2.23. The lowest BCUT2D eigenvalue weighted by Crippen LogP contribution is -2.25. The van der Waals surface area contributed by atoms with Crippen LogP contribution in [0, 0.1) is 0 Å². The molecule has 0 spiro atoms. The van der Waals surface area contributed by atoms with Gasteiger partial charge in [-0.25, -0.2) is 4.98 Å². The molecule has 2 rings (SSSR count). The topological polar surface area (TPSA) is 68.2 Å². The van der Waals surface area contributed by atoms with Crippen LogP contribution >= 0.6 is 0 Å². The van der Waals surface area contributed by atoms with Crippen molar-refractivity contribution in [3.8, 4) is 5.75 Å². The smallest absolute Gasteiger partial charge is 0.238 e. The van der Waals surface area contributed by atoms with Crippen molar-refractivity contribution in [3.05, 3.63) is 43.0 Å². The summed E-state index contributed by atoms with van der Waals surface area (Å²) in [5.41, 5.74) is 0.679. The highest BCUT2D eigenvalue weighted by molar-refractivity contribution is 5.93. The molecule has 2 aromatic rings. The lowest BCUT2D eigenvalue weighted by molar-refractivity contribution is -0.115. The summed E-state index contributed by atoms with van der Waals surface area (Å²) in [6.07, 6.45) is 5.35. The first-order valence-corrected chi connectivity index (χ1v) is 6.41. The van der Waals surface area contributed by atoms with Crippen LogP contribution in [0.1, 0.15) is 0 Å². The van der Waals surface area contributed by atoms with E-state index in [1.54, 1.807) is 19.6 Å². The second kappa shape index (κ2) is 7.30. The summed E-state index contributed by atoms with van der Waals surface area (Å²) < 4.78 is 7.64. The van der Waals surface area contributed by atoms with Gasteiger partial charge >= 0.3 is 0 Å². The number of imidazole rings is 1. The van der Waals surface area contributed by atoms with E-state index in [1.165, 1.54) is 0 Å². The van der Waals surface area contributed by atoms with Crippen LogP contribution in [-0.2, 0) is 11.3 Å². The van der Waals surface area contributed by atoms with E-state index in [0.717, 1.165) is 0 Å². The van der Waals surface area contributed by atoms with Crippen LogP contribution in [0.3, 0.4) is 0 Å². The van der Waals surface area contributed by atoms with E-state index in [1.807, 2.05) is 35.0 Å². The molecule has 0 aliphatic rings. The van der Waals surface area contributed by atoms with Crippen molar-refractivity contribution in [1.82, 2.24) is 14.9 Å². The number of anilines is 1. The van der Waals surface area contributed by atoms with Crippen molar-refractivity contribution in [1.29, 1.82) is 0 Å². The molecule has 1 heterocycles. The van der Waals surface area contributed by atoms with Crippen molar-refractivity contribution in [3.63, 3.8) is 0 Å². The average molecular weight is 274 g/mol. The molecular formula is C14H18N4O2. The van der Waals surface area contributed by atoms with E-state index in [-0.39, 0.29) is 12.5 Å². The van der Waals surface area contributed by atoms with Crippen LogP contribution in [0.2, 0.25) is 0 Å². The Hall–Kier alpha value is -2.34. The fourth-order valence-electron chi connectivity index (χ4n) is 1.73. The summed E-state index contributed by atoms with van der Waals surface area (Å²) in [5, 5.41) is 5.62. The molecule has 1 aromatic carbocycles. The lowest BCUT2D eigenvalue weighted by Gasteiger charge is -2.12.